The van der Waals surface area contributed by atoms with E-state index in [1.54, 1.807) is 24.3 Å². The summed E-state index contributed by atoms with van der Waals surface area (Å²) in [6.45, 7) is 4.36. The molecule has 0 aromatic heterocycles. The molecule has 29 heavy (non-hydrogen) atoms. The molecule has 0 saturated heterocycles. The molecule has 2 aliphatic carbocycles. The molecule has 1 N–H and O–H groups in total. The second-order valence-electron chi connectivity index (χ2n) is 8.92. The topological polar surface area (TPSA) is 82.1 Å². The van der Waals surface area contributed by atoms with Gasteiger partial charge in [-0.3, -0.25) is 0 Å². The van der Waals surface area contributed by atoms with Crippen molar-refractivity contribution in [1.82, 2.24) is 0 Å². The molecule has 1 aromatic rings. The Labute approximate surface area is 170 Å². The van der Waals surface area contributed by atoms with Crippen molar-refractivity contribution in [2.24, 2.45) is 16.7 Å². The van der Waals surface area contributed by atoms with Crippen LogP contribution in [0.4, 0.5) is 0 Å². The molecule has 6 nitrogen and oxygen atoms in total. The lowest BCUT2D eigenvalue weighted by Crippen LogP contribution is -2.60. The highest BCUT2D eigenvalue weighted by molar-refractivity contribution is 5.94. The Bertz CT molecular complexity index is 846. The highest BCUT2D eigenvalue weighted by atomic mass is 16.6. The van der Waals surface area contributed by atoms with Gasteiger partial charge in [-0.25, -0.2) is 9.59 Å². The number of methoxy groups -OCH3 is 1. The van der Waals surface area contributed by atoms with Gasteiger partial charge in [0.15, 0.2) is 0 Å². The number of ether oxygens (including phenoxy) is 3. The van der Waals surface area contributed by atoms with Crippen LogP contribution in [-0.4, -0.2) is 49.6 Å². The number of hydrogen-bond donors (Lipinski definition) is 1. The summed E-state index contributed by atoms with van der Waals surface area (Å²) in [7, 11) is 1.52. The molecule has 156 valence electrons. The average molecular weight is 400 g/mol. The summed E-state index contributed by atoms with van der Waals surface area (Å²) in [5.41, 5.74) is 0.994. The van der Waals surface area contributed by atoms with Gasteiger partial charge in [0.05, 0.1) is 11.1 Å². The summed E-state index contributed by atoms with van der Waals surface area (Å²) in [5.74, 6) is -1.05. The first-order valence-corrected chi connectivity index (χ1v) is 10.2. The summed E-state index contributed by atoms with van der Waals surface area (Å²) in [6, 6.07) is 8.80. The molecule has 1 aliphatic heterocycles. The maximum atomic E-state index is 13.0. The van der Waals surface area contributed by atoms with Gasteiger partial charge in [0.1, 0.15) is 18.8 Å². The Kier molecular flexibility index (Phi) is 5.03. The molecule has 0 amide bonds. The minimum atomic E-state index is -0.713. The number of carbonyl (C=O) groups is 2. The first kappa shape index (κ1) is 20.1. The van der Waals surface area contributed by atoms with Gasteiger partial charge in [0.25, 0.3) is 0 Å². The van der Waals surface area contributed by atoms with Crippen LogP contribution in [0.15, 0.2) is 41.5 Å². The third-order valence-corrected chi connectivity index (χ3v) is 7.24. The van der Waals surface area contributed by atoms with Gasteiger partial charge in [-0.2, -0.15) is 0 Å². The normalized spacial score (nSPS) is 36.3. The molecular weight excluding hydrogens is 372 g/mol. The van der Waals surface area contributed by atoms with E-state index in [1.165, 1.54) is 7.11 Å². The lowest BCUT2D eigenvalue weighted by atomic mass is 9.48. The summed E-state index contributed by atoms with van der Waals surface area (Å²) >= 11 is 0. The molecule has 0 bridgehead atoms. The number of fused-ring (bicyclic) bond motifs is 2. The van der Waals surface area contributed by atoms with E-state index in [0.29, 0.717) is 11.1 Å². The van der Waals surface area contributed by atoms with Crippen LogP contribution in [0.1, 0.15) is 43.5 Å². The second kappa shape index (κ2) is 7.26. The zero-order valence-corrected chi connectivity index (χ0v) is 17.1. The second-order valence-corrected chi connectivity index (χ2v) is 8.92. The minimum absolute atomic E-state index is 0.0273. The highest BCUT2D eigenvalue weighted by Crippen LogP contribution is 2.61. The fraction of sp³-hybridized carbons (Fsp3) is 0.565. The maximum Gasteiger partial charge on any atom is 0.338 e. The largest absolute Gasteiger partial charge is 0.458 e. The average Bonchev–Trinajstić information content (AvgIpc) is 3.11. The molecule has 1 saturated carbocycles. The van der Waals surface area contributed by atoms with Crippen LogP contribution in [0.2, 0.25) is 0 Å². The van der Waals surface area contributed by atoms with Crippen LogP contribution < -0.4 is 0 Å². The summed E-state index contributed by atoms with van der Waals surface area (Å²) in [4.78, 5) is 25.5. The zero-order chi connectivity index (χ0) is 20.8. The number of carbonyl (C=O) groups excluding carboxylic acids is 2. The van der Waals surface area contributed by atoms with Crippen LogP contribution >= 0.6 is 0 Å². The number of aliphatic hydroxyl groups excluding tert-OH is 1. The van der Waals surface area contributed by atoms with Gasteiger partial charge in [-0.15, -0.1) is 0 Å². The molecule has 0 unspecified atom stereocenters. The monoisotopic (exact) mass is 400 g/mol. The van der Waals surface area contributed by atoms with Gasteiger partial charge in [0.2, 0.25) is 0 Å². The first-order valence-electron chi connectivity index (χ1n) is 10.2. The molecular formula is C23H28O6. The number of cyclic esters (lactones) is 1. The highest BCUT2D eigenvalue weighted by Gasteiger charge is 2.63. The zero-order valence-electron chi connectivity index (χ0n) is 17.1. The van der Waals surface area contributed by atoms with Crippen molar-refractivity contribution in [3.8, 4) is 0 Å². The van der Waals surface area contributed by atoms with E-state index < -0.39 is 35.0 Å². The molecule has 1 aromatic carbocycles. The van der Waals surface area contributed by atoms with Crippen LogP contribution in [0.25, 0.3) is 0 Å². The van der Waals surface area contributed by atoms with E-state index in [9.17, 15) is 14.7 Å². The van der Waals surface area contributed by atoms with E-state index in [2.05, 4.69) is 6.92 Å². The van der Waals surface area contributed by atoms with Gasteiger partial charge >= 0.3 is 11.9 Å². The predicted octanol–water partition coefficient (Wildman–Crippen LogP) is 2.90. The smallest absolute Gasteiger partial charge is 0.338 e. The summed E-state index contributed by atoms with van der Waals surface area (Å²) in [6.07, 6.45) is 1.18. The standard InChI is InChI=1S/C23H28O6/c1-22(13-24)10-7-11-23(2)15-12-28-21(26)16(15)17(27-3)18(19(22)23)29-20(25)14-8-5-4-6-9-14/h4-6,8-9,17-19,24H,7,10-13H2,1-3H3/t17-,18-,19-,22-,23-/m1/s1. The van der Waals surface area contributed by atoms with Crippen molar-refractivity contribution in [3.63, 3.8) is 0 Å². The molecule has 6 heteroatoms. The van der Waals surface area contributed by atoms with Crippen LogP contribution in [-0.2, 0) is 19.0 Å². The van der Waals surface area contributed by atoms with E-state index in [-0.39, 0.29) is 19.1 Å². The lowest BCUT2D eigenvalue weighted by Gasteiger charge is -2.57. The SMILES string of the molecule is CO[C@@H]1C2=C(COC2=O)[C@@]2(C)CCC[C@](C)(CO)[C@H]2[C@@H]1OC(=O)c1ccccc1. The Morgan fingerprint density at radius 2 is 1.97 bits per heavy atom. The number of aliphatic hydroxyl groups is 1. The van der Waals surface area contributed by atoms with Gasteiger partial charge in [0, 0.05) is 19.6 Å². The van der Waals surface area contributed by atoms with Crippen molar-refractivity contribution in [1.29, 1.82) is 0 Å². The molecule has 4 rings (SSSR count). The molecule has 1 fully saturated rings. The summed E-state index contributed by atoms with van der Waals surface area (Å²) in [5, 5.41) is 10.3. The van der Waals surface area contributed by atoms with E-state index >= 15 is 0 Å². The van der Waals surface area contributed by atoms with Gasteiger partial charge < -0.3 is 19.3 Å². The number of rotatable bonds is 4. The van der Waals surface area contributed by atoms with E-state index in [1.807, 2.05) is 13.0 Å². The van der Waals surface area contributed by atoms with Crippen LogP contribution in [0.5, 0.6) is 0 Å². The summed E-state index contributed by atoms with van der Waals surface area (Å²) < 4.78 is 17.2. The quantitative estimate of drug-likeness (QED) is 0.783. The fourth-order valence-corrected chi connectivity index (χ4v) is 5.88. The first-order chi connectivity index (χ1) is 13.9. The van der Waals surface area contributed by atoms with Crippen molar-refractivity contribution in [2.75, 3.05) is 20.3 Å². The third-order valence-electron chi connectivity index (χ3n) is 7.24. The van der Waals surface area contributed by atoms with E-state index in [0.717, 1.165) is 24.8 Å². The Balaban J connectivity index is 1.82. The van der Waals surface area contributed by atoms with Crippen molar-refractivity contribution >= 4 is 11.9 Å². The van der Waals surface area contributed by atoms with Crippen LogP contribution in [0, 0.1) is 16.7 Å². The number of esters is 2. The Hall–Kier alpha value is -2.18. The lowest BCUT2D eigenvalue weighted by molar-refractivity contribution is -0.149. The molecule has 3 aliphatic rings. The van der Waals surface area contributed by atoms with Gasteiger partial charge in [-0.05, 0) is 41.4 Å². The van der Waals surface area contributed by atoms with E-state index in [4.69, 9.17) is 14.2 Å². The number of benzene rings is 1. The molecule has 0 radical (unpaired) electrons. The third kappa shape index (κ3) is 3.01. The van der Waals surface area contributed by atoms with Crippen molar-refractivity contribution in [2.45, 2.75) is 45.3 Å². The maximum absolute atomic E-state index is 13.0. The Morgan fingerprint density at radius 1 is 1.24 bits per heavy atom. The number of hydrogen-bond acceptors (Lipinski definition) is 6. The molecule has 5 atom stereocenters. The predicted molar refractivity (Wildman–Crippen MR) is 105 cm³/mol. The fourth-order valence-electron chi connectivity index (χ4n) is 5.88. The van der Waals surface area contributed by atoms with Crippen molar-refractivity contribution < 1.29 is 28.9 Å². The van der Waals surface area contributed by atoms with Crippen molar-refractivity contribution in [3.05, 3.63) is 47.0 Å². The van der Waals surface area contributed by atoms with Gasteiger partial charge in [-0.1, -0.05) is 38.5 Å². The molecule has 1 heterocycles. The Morgan fingerprint density at radius 3 is 2.62 bits per heavy atom. The van der Waals surface area contributed by atoms with Crippen LogP contribution in [0.3, 0.4) is 0 Å². The molecule has 0 spiro atoms. The minimum Gasteiger partial charge on any atom is -0.458 e.